The second-order valence-electron chi connectivity index (χ2n) is 2.20. The smallest absolute Gasteiger partial charge is 0.207 e. The van der Waals surface area contributed by atoms with Crippen LogP contribution in [0.15, 0.2) is 0 Å². The Bertz CT molecular complexity index is 89.1. The molecule has 0 radical (unpaired) electrons. The Morgan fingerprint density at radius 3 is 3.11 bits per heavy atom. The Morgan fingerprint density at radius 1 is 1.67 bits per heavy atom. The summed E-state index contributed by atoms with van der Waals surface area (Å²) >= 11 is 0. The molecule has 0 bridgehead atoms. The van der Waals surface area contributed by atoms with Crippen LogP contribution in [-0.4, -0.2) is 25.7 Å². The molecular formula is C6H11NO2. The summed E-state index contributed by atoms with van der Waals surface area (Å²) < 4.78 is 5.11. The topological polar surface area (TPSA) is 38.3 Å². The largest absolute Gasteiger partial charge is 0.379 e. The molecule has 0 spiro atoms. The molecule has 52 valence electrons. The number of amides is 1. The summed E-state index contributed by atoms with van der Waals surface area (Å²) in [6.07, 6.45) is 2.85. The van der Waals surface area contributed by atoms with Gasteiger partial charge in [-0.3, -0.25) is 4.79 Å². The highest BCUT2D eigenvalue weighted by atomic mass is 16.5. The normalized spacial score (nSPS) is 27.3. The van der Waals surface area contributed by atoms with E-state index < -0.39 is 0 Å². The van der Waals surface area contributed by atoms with Gasteiger partial charge in [-0.05, 0) is 12.8 Å². The highest BCUT2D eigenvalue weighted by molar-refractivity contribution is 5.46. The van der Waals surface area contributed by atoms with Gasteiger partial charge in [0.1, 0.15) is 0 Å². The van der Waals surface area contributed by atoms with Crippen molar-refractivity contribution in [2.45, 2.75) is 18.9 Å². The predicted octanol–water partition coefficient (Wildman–Crippen LogP) is -0.0886. The summed E-state index contributed by atoms with van der Waals surface area (Å²) in [6, 6.07) is 0.260. The molecule has 1 heterocycles. The van der Waals surface area contributed by atoms with E-state index in [2.05, 4.69) is 5.32 Å². The van der Waals surface area contributed by atoms with Gasteiger partial charge in [-0.2, -0.15) is 0 Å². The zero-order valence-corrected chi connectivity index (χ0v) is 5.30. The number of hydrogen-bond donors (Lipinski definition) is 1. The molecule has 1 fully saturated rings. The Morgan fingerprint density at radius 2 is 2.56 bits per heavy atom. The van der Waals surface area contributed by atoms with Gasteiger partial charge < -0.3 is 10.1 Å². The number of carbonyl (C=O) groups is 1. The lowest BCUT2D eigenvalue weighted by atomic mass is 10.1. The maximum absolute atomic E-state index is 9.91. The van der Waals surface area contributed by atoms with Crippen LogP contribution in [0, 0.1) is 0 Å². The van der Waals surface area contributed by atoms with Gasteiger partial charge >= 0.3 is 0 Å². The second kappa shape index (κ2) is 3.45. The van der Waals surface area contributed by atoms with Crippen LogP contribution in [0.2, 0.25) is 0 Å². The summed E-state index contributed by atoms with van der Waals surface area (Å²) in [5, 5.41) is 2.68. The first kappa shape index (κ1) is 6.55. The van der Waals surface area contributed by atoms with E-state index in [0.29, 0.717) is 6.61 Å². The first-order valence-electron chi connectivity index (χ1n) is 3.21. The molecule has 3 heteroatoms. The summed E-state index contributed by atoms with van der Waals surface area (Å²) in [6.45, 7) is 1.52. The summed E-state index contributed by atoms with van der Waals surface area (Å²) in [4.78, 5) is 9.91. The first-order valence-corrected chi connectivity index (χ1v) is 3.21. The minimum atomic E-state index is 0.260. The highest BCUT2D eigenvalue weighted by Gasteiger charge is 2.11. The van der Waals surface area contributed by atoms with Gasteiger partial charge in [0.05, 0.1) is 12.6 Å². The number of ether oxygens (including phenoxy) is 1. The third-order valence-corrected chi connectivity index (χ3v) is 1.46. The zero-order chi connectivity index (χ0) is 6.53. The number of carbonyl (C=O) groups excluding carboxylic acids is 1. The number of nitrogens with one attached hydrogen (secondary N) is 1. The van der Waals surface area contributed by atoms with Crippen LogP contribution in [0.5, 0.6) is 0 Å². The Labute approximate surface area is 54.4 Å². The molecule has 1 rings (SSSR count). The van der Waals surface area contributed by atoms with Gasteiger partial charge in [0, 0.05) is 6.61 Å². The van der Waals surface area contributed by atoms with Gasteiger partial charge in [-0.15, -0.1) is 0 Å². The van der Waals surface area contributed by atoms with Crippen molar-refractivity contribution in [3.63, 3.8) is 0 Å². The highest BCUT2D eigenvalue weighted by Crippen LogP contribution is 2.04. The van der Waals surface area contributed by atoms with Crippen molar-refractivity contribution in [1.82, 2.24) is 5.32 Å². The zero-order valence-electron chi connectivity index (χ0n) is 5.30. The third kappa shape index (κ3) is 2.01. The first-order chi connectivity index (χ1) is 4.43. The Kier molecular flexibility index (Phi) is 2.51. The van der Waals surface area contributed by atoms with E-state index in [1.54, 1.807) is 0 Å². The van der Waals surface area contributed by atoms with Gasteiger partial charge in [0.15, 0.2) is 0 Å². The minimum absolute atomic E-state index is 0.260. The van der Waals surface area contributed by atoms with Crippen LogP contribution < -0.4 is 5.32 Å². The van der Waals surface area contributed by atoms with Crippen LogP contribution in [-0.2, 0) is 9.53 Å². The van der Waals surface area contributed by atoms with Gasteiger partial charge in [-0.25, -0.2) is 0 Å². The molecule has 1 aliphatic rings. The molecule has 0 aromatic carbocycles. The fraction of sp³-hybridized carbons (Fsp3) is 0.833. The van der Waals surface area contributed by atoms with Gasteiger partial charge in [0.25, 0.3) is 0 Å². The molecule has 0 aromatic heterocycles. The third-order valence-electron chi connectivity index (χ3n) is 1.46. The van der Waals surface area contributed by atoms with E-state index in [1.165, 1.54) is 0 Å². The average Bonchev–Trinajstić information content (AvgIpc) is 1.91. The fourth-order valence-corrected chi connectivity index (χ4v) is 0.968. The van der Waals surface area contributed by atoms with Crippen LogP contribution >= 0.6 is 0 Å². The van der Waals surface area contributed by atoms with E-state index in [9.17, 15) is 4.79 Å². The molecule has 1 atom stereocenters. The molecular weight excluding hydrogens is 118 g/mol. The van der Waals surface area contributed by atoms with Gasteiger partial charge in [-0.1, -0.05) is 0 Å². The number of hydrogen-bond acceptors (Lipinski definition) is 2. The minimum Gasteiger partial charge on any atom is -0.379 e. The SMILES string of the molecule is O=CN[C@@H]1CCCOC1. The van der Waals surface area contributed by atoms with E-state index in [-0.39, 0.29) is 6.04 Å². The van der Waals surface area contributed by atoms with E-state index in [1.807, 2.05) is 0 Å². The monoisotopic (exact) mass is 129 g/mol. The van der Waals surface area contributed by atoms with Crippen molar-refractivity contribution in [3.05, 3.63) is 0 Å². The van der Waals surface area contributed by atoms with Crippen molar-refractivity contribution < 1.29 is 9.53 Å². The predicted molar refractivity (Wildman–Crippen MR) is 33.0 cm³/mol. The quantitative estimate of drug-likeness (QED) is 0.529. The van der Waals surface area contributed by atoms with Crippen LogP contribution in [0.25, 0.3) is 0 Å². The van der Waals surface area contributed by atoms with Crippen LogP contribution in [0.3, 0.4) is 0 Å². The van der Waals surface area contributed by atoms with E-state index in [0.717, 1.165) is 25.9 Å². The summed E-state index contributed by atoms with van der Waals surface area (Å²) in [5.41, 5.74) is 0. The average molecular weight is 129 g/mol. The lowest BCUT2D eigenvalue weighted by Gasteiger charge is -2.20. The van der Waals surface area contributed by atoms with Crippen molar-refractivity contribution in [2.75, 3.05) is 13.2 Å². The molecule has 9 heavy (non-hydrogen) atoms. The van der Waals surface area contributed by atoms with Crippen LogP contribution in [0.1, 0.15) is 12.8 Å². The lowest BCUT2D eigenvalue weighted by molar-refractivity contribution is -0.111. The van der Waals surface area contributed by atoms with Crippen molar-refractivity contribution in [1.29, 1.82) is 0 Å². The maximum Gasteiger partial charge on any atom is 0.207 e. The van der Waals surface area contributed by atoms with Crippen molar-refractivity contribution in [2.24, 2.45) is 0 Å². The van der Waals surface area contributed by atoms with Crippen LogP contribution in [0.4, 0.5) is 0 Å². The molecule has 3 nitrogen and oxygen atoms in total. The molecule has 1 N–H and O–H groups in total. The Balaban J connectivity index is 2.15. The molecule has 1 saturated heterocycles. The maximum atomic E-state index is 9.91. The van der Waals surface area contributed by atoms with Gasteiger partial charge in [0.2, 0.25) is 6.41 Å². The second-order valence-corrected chi connectivity index (χ2v) is 2.20. The summed E-state index contributed by atoms with van der Waals surface area (Å²) in [7, 11) is 0. The van der Waals surface area contributed by atoms with Crippen molar-refractivity contribution >= 4 is 6.41 Å². The molecule has 1 aliphatic heterocycles. The lowest BCUT2D eigenvalue weighted by Crippen LogP contribution is -2.35. The number of rotatable bonds is 2. The molecule has 0 aliphatic carbocycles. The summed E-state index contributed by atoms with van der Waals surface area (Å²) in [5.74, 6) is 0. The Hall–Kier alpha value is -0.570. The van der Waals surface area contributed by atoms with E-state index in [4.69, 9.17) is 4.74 Å². The molecule has 0 aromatic rings. The molecule has 1 amide bonds. The molecule has 0 saturated carbocycles. The van der Waals surface area contributed by atoms with E-state index >= 15 is 0 Å². The molecule has 0 unspecified atom stereocenters. The standard InChI is InChI=1S/C6H11NO2/c8-5-7-6-2-1-3-9-4-6/h5-6H,1-4H2,(H,7,8)/t6-/m1/s1. The fourth-order valence-electron chi connectivity index (χ4n) is 0.968. The van der Waals surface area contributed by atoms with Crippen molar-refractivity contribution in [3.8, 4) is 0 Å².